The number of carbonyl (C=O) groups excluding carboxylic acids is 1. The maximum atomic E-state index is 12.0. The lowest BCUT2D eigenvalue weighted by atomic mass is 10.3. The smallest absolute Gasteiger partial charge is 0.191 e. The molecule has 3 nitrogen and oxygen atoms in total. The Balaban J connectivity index is 2.00. The summed E-state index contributed by atoms with van der Waals surface area (Å²) in [6.45, 7) is 2.67. The summed E-state index contributed by atoms with van der Waals surface area (Å²) in [6, 6.07) is 9.26. The van der Waals surface area contributed by atoms with Gasteiger partial charge in [0.05, 0.1) is 5.75 Å². The first-order valence-electron chi connectivity index (χ1n) is 5.64. The van der Waals surface area contributed by atoms with Crippen LogP contribution in [0.4, 0.5) is 0 Å². The molecule has 0 spiro atoms. The van der Waals surface area contributed by atoms with E-state index in [1.165, 1.54) is 11.8 Å². The van der Waals surface area contributed by atoms with Crippen molar-refractivity contribution in [3.63, 3.8) is 0 Å². The van der Waals surface area contributed by atoms with Crippen LogP contribution in [0.5, 0.6) is 0 Å². The van der Waals surface area contributed by atoms with Crippen molar-refractivity contribution in [2.45, 2.75) is 18.4 Å². The van der Waals surface area contributed by atoms with Crippen LogP contribution in [0.15, 0.2) is 41.4 Å². The van der Waals surface area contributed by atoms with Crippen molar-refractivity contribution in [1.82, 2.24) is 9.78 Å². The number of rotatable bonds is 5. The molecule has 0 unspecified atom stereocenters. The molecule has 0 radical (unpaired) electrons. The Hall–Kier alpha value is -1.26. The van der Waals surface area contributed by atoms with Gasteiger partial charge in [-0.2, -0.15) is 5.10 Å². The molecule has 0 bridgehead atoms. The molecule has 2 rings (SSSR count). The molecule has 0 aliphatic heterocycles. The highest BCUT2D eigenvalue weighted by atomic mass is 35.5. The molecule has 0 aliphatic rings. The molecular formula is C13H13ClN2OS. The maximum absolute atomic E-state index is 12.0. The number of Topliss-reactive ketones (excluding diaryl/α,β-unsaturated/α-hetero) is 1. The number of hydrogen-bond acceptors (Lipinski definition) is 3. The Morgan fingerprint density at radius 2 is 2.28 bits per heavy atom. The Kier molecular flexibility index (Phi) is 4.44. The molecule has 0 saturated heterocycles. The van der Waals surface area contributed by atoms with E-state index in [0.717, 1.165) is 4.90 Å². The minimum Gasteiger partial charge on any atom is -0.292 e. The summed E-state index contributed by atoms with van der Waals surface area (Å²) in [5.41, 5.74) is 0.659. The van der Waals surface area contributed by atoms with Crippen molar-refractivity contribution in [3.05, 3.63) is 47.2 Å². The minimum absolute atomic E-state index is 0.0827. The van der Waals surface area contributed by atoms with Crippen molar-refractivity contribution in [3.8, 4) is 0 Å². The number of halogens is 1. The topological polar surface area (TPSA) is 34.9 Å². The van der Waals surface area contributed by atoms with Crippen molar-refractivity contribution in [2.24, 2.45) is 0 Å². The molecule has 0 fully saturated rings. The fraction of sp³-hybridized carbons (Fsp3) is 0.231. The molecule has 2 aromatic rings. The Bertz CT molecular complexity index is 553. The predicted molar refractivity (Wildman–Crippen MR) is 74.4 cm³/mol. The van der Waals surface area contributed by atoms with E-state index >= 15 is 0 Å². The molecule has 0 N–H and O–H groups in total. The van der Waals surface area contributed by atoms with Crippen LogP contribution in [-0.2, 0) is 6.54 Å². The van der Waals surface area contributed by atoms with E-state index in [1.54, 1.807) is 16.9 Å². The first-order valence-corrected chi connectivity index (χ1v) is 7.00. The second kappa shape index (κ2) is 6.07. The van der Waals surface area contributed by atoms with Gasteiger partial charge in [-0.3, -0.25) is 9.48 Å². The first kappa shape index (κ1) is 13.2. The zero-order valence-corrected chi connectivity index (χ0v) is 11.5. The normalized spacial score (nSPS) is 10.6. The van der Waals surface area contributed by atoms with Crippen LogP contribution in [0.3, 0.4) is 0 Å². The highest BCUT2D eigenvalue weighted by Gasteiger charge is 2.11. The van der Waals surface area contributed by atoms with E-state index in [0.29, 0.717) is 23.0 Å². The fourth-order valence-electron chi connectivity index (χ4n) is 1.60. The minimum atomic E-state index is 0.0827. The number of hydrogen-bond donors (Lipinski definition) is 0. The molecular weight excluding hydrogens is 268 g/mol. The largest absolute Gasteiger partial charge is 0.292 e. The van der Waals surface area contributed by atoms with Gasteiger partial charge in [-0.05, 0) is 31.2 Å². The van der Waals surface area contributed by atoms with Crippen LogP contribution in [-0.4, -0.2) is 21.3 Å². The molecule has 0 atom stereocenters. The number of benzene rings is 1. The second-order valence-electron chi connectivity index (χ2n) is 3.70. The molecule has 94 valence electrons. The highest BCUT2D eigenvalue weighted by Crippen LogP contribution is 2.22. The quantitative estimate of drug-likeness (QED) is 0.621. The third-order valence-electron chi connectivity index (χ3n) is 2.47. The Morgan fingerprint density at radius 3 is 3.00 bits per heavy atom. The molecule has 0 amide bonds. The van der Waals surface area contributed by atoms with Gasteiger partial charge in [0.1, 0.15) is 5.69 Å². The van der Waals surface area contributed by atoms with Crippen molar-refractivity contribution in [1.29, 1.82) is 0 Å². The molecule has 18 heavy (non-hydrogen) atoms. The second-order valence-corrected chi connectivity index (χ2v) is 5.19. The summed E-state index contributed by atoms with van der Waals surface area (Å²) >= 11 is 7.38. The molecule has 0 aliphatic carbocycles. The van der Waals surface area contributed by atoms with Gasteiger partial charge in [-0.25, -0.2) is 0 Å². The highest BCUT2D eigenvalue weighted by molar-refractivity contribution is 8.00. The van der Waals surface area contributed by atoms with Crippen molar-refractivity contribution >= 4 is 29.1 Å². The van der Waals surface area contributed by atoms with E-state index in [9.17, 15) is 4.79 Å². The summed E-state index contributed by atoms with van der Waals surface area (Å²) < 4.78 is 1.71. The van der Waals surface area contributed by atoms with Crippen LogP contribution in [0.2, 0.25) is 5.02 Å². The van der Waals surface area contributed by atoms with Gasteiger partial charge in [-0.1, -0.05) is 17.7 Å². The molecule has 0 saturated carbocycles. The summed E-state index contributed by atoms with van der Waals surface area (Å²) in [6.07, 6.45) is 1.65. The van der Waals surface area contributed by atoms with Crippen LogP contribution in [0, 0.1) is 0 Å². The average molecular weight is 281 g/mol. The third-order valence-corrected chi connectivity index (χ3v) is 3.70. The lowest BCUT2D eigenvalue weighted by molar-refractivity contribution is 0.101. The van der Waals surface area contributed by atoms with E-state index < -0.39 is 0 Å². The Labute approximate surface area is 115 Å². The van der Waals surface area contributed by atoms with Crippen molar-refractivity contribution < 1.29 is 4.79 Å². The van der Waals surface area contributed by atoms with Gasteiger partial charge < -0.3 is 0 Å². The summed E-state index contributed by atoms with van der Waals surface area (Å²) in [5, 5.41) is 4.78. The third kappa shape index (κ3) is 3.15. The molecule has 1 aromatic heterocycles. The van der Waals surface area contributed by atoms with E-state index in [-0.39, 0.29) is 5.78 Å². The van der Waals surface area contributed by atoms with Gasteiger partial charge in [0.15, 0.2) is 5.78 Å². The predicted octanol–water partition coefficient (Wildman–Crippen LogP) is 3.53. The van der Waals surface area contributed by atoms with Gasteiger partial charge in [0, 0.05) is 22.7 Å². The zero-order valence-electron chi connectivity index (χ0n) is 9.97. The van der Waals surface area contributed by atoms with Crippen LogP contribution in [0.1, 0.15) is 17.4 Å². The lowest BCUT2D eigenvalue weighted by Crippen LogP contribution is -2.11. The summed E-state index contributed by atoms with van der Waals surface area (Å²) in [5.74, 6) is 0.478. The van der Waals surface area contributed by atoms with Gasteiger partial charge in [0.2, 0.25) is 0 Å². The van der Waals surface area contributed by atoms with Gasteiger partial charge >= 0.3 is 0 Å². The number of carbonyl (C=O) groups is 1. The van der Waals surface area contributed by atoms with Gasteiger partial charge in [0.25, 0.3) is 0 Å². The van der Waals surface area contributed by atoms with E-state index in [2.05, 4.69) is 5.10 Å². The van der Waals surface area contributed by atoms with E-state index in [1.807, 2.05) is 31.2 Å². The summed E-state index contributed by atoms with van der Waals surface area (Å²) in [4.78, 5) is 13.0. The standard InChI is InChI=1S/C13H13ClN2OS/c1-2-16-12(6-7-15-16)13(17)9-18-11-5-3-4-10(14)8-11/h3-8H,2,9H2,1H3. The van der Waals surface area contributed by atoms with Crippen molar-refractivity contribution in [2.75, 3.05) is 5.75 Å². The van der Waals surface area contributed by atoms with E-state index in [4.69, 9.17) is 11.6 Å². The fourth-order valence-corrected chi connectivity index (χ4v) is 2.69. The Morgan fingerprint density at radius 1 is 1.44 bits per heavy atom. The molecule has 5 heteroatoms. The zero-order chi connectivity index (χ0) is 13.0. The monoisotopic (exact) mass is 280 g/mol. The number of aromatic nitrogens is 2. The van der Waals surface area contributed by atoms with Crippen LogP contribution in [0.25, 0.3) is 0 Å². The number of nitrogens with zero attached hydrogens (tertiary/aromatic N) is 2. The van der Waals surface area contributed by atoms with Crippen LogP contribution < -0.4 is 0 Å². The lowest BCUT2D eigenvalue weighted by Gasteiger charge is -2.04. The summed E-state index contributed by atoms with van der Waals surface area (Å²) in [7, 11) is 0. The van der Waals surface area contributed by atoms with Crippen LogP contribution >= 0.6 is 23.4 Å². The maximum Gasteiger partial charge on any atom is 0.191 e. The molecule has 1 aromatic carbocycles. The molecule has 1 heterocycles. The first-order chi connectivity index (χ1) is 8.70. The SMILES string of the molecule is CCn1nccc1C(=O)CSc1cccc(Cl)c1. The van der Waals surface area contributed by atoms with Gasteiger partial charge in [-0.15, -0.1) is 11.8 Å². The number of thioether (sulfide) groups is 1. The number of aryl methyl sites for hydroxylation is 1. The number of ketones is 1. The average Bonchev–Trinajstić information content (AvgIpc) is 2.84.